The fraction of sp³-hybridized carbons (Fsp3) is 0.333. The number of nitrogens with two attached hydrogens (primary N) is 1. The van der Waals surface area contributed by atoms with Gasteiger partial charge in [0.2, 0.25) is 0 Å². The minimum atomic E-state index is 0.625. The number of hydrogen-bond donors (Lipinski definition) is 2. The Morgan fingerprint density at radius 2 is 1.73 bits per heavy atom. The molecule has 0 atom stereocenters. The SMILES string of the molecule is CNCc1ccc(CN)cc1. The number of rotatable bonds is 3. The van der Waals surface area contributed by atoms with Crippen LogP contribution in [0.1, 0.15) is 11.1 Å². The van der Waals surface area contributed by atoms with Crippen LogP contribution in [0.4, 0.5) is 0 Å². The first-order valence-electron chi connectivity index (χ1n) is 3.79. The van der Waals surface area contributed by atoms with Crippen molar-refractivity contribution in [2.75, 3.05) is 7.05 Å². The lowest BCUT2D eigenvalue weighted by Gasteiger charge is -2.00. The van der Waals surface area contributed by atoms with Crippen molar-refractivity contribution >= 4 is 0 Å². The van der Waals surface area contributed by atoms with Gasteiger partial charge in [-0.05, 0) is 18.2 Å². The molecule has 0 saturated heterocycles. The maximum Gasteiger partial charge on any atom is 0.0202 e. The molecule has 11 heavy (non-hydrogen) atoms. The van der Waals surface area contributed by atoms with Crippen molar-refractivity contribution in [2.45, 2.75) is 13.1 Å². The molecule has 0 aromatic heterocycles. The third-order valence-electron chi connectivity index (χ3n) is 1.64. The highest BCUT2D eigenvalue weighted by molar-refractivity contribution is 5.22. The molecule has 1 rings (SSSR count). The molecule has 0 unspecified atom stereocenters. The zero-order chi connectivity index (χ0) is 8.10. The van der Waals surface area contributed by atoms with Crippen molar-refractivity contribution in [3.8, 4) is 0 Å². The molecule has 2 nitrogen and oxygen atoms in total. The van der Waals surface area contributed by atoms with Gasteiger partial charge < -0.3 is 11.1 Å². The van der Waals surface area contributed by atoms with Gasteiger partial charge in [0.15, 0.2) is 0 Å². The van der Waals surface area contributed by atoms with Gasteiger partial charge in [0.05, 0.1) is 0 Å². The van der Waals surface area contributed by atoms with Crippen LogP contribution in [0.2, 0.25) is 0 Å². The van der Waals surface area contributed by atoms with Crippen LogP contribution in [-0.4, -0.2) is 7.05 Å². The van der Waals surface area contributed by atoms with Crippen molar-refractivity contribution in [3.05, 3.63) is 35.4 Å². The lowest BCUT2D eigenvalue weighted by Crippen LogP contribution is -2.05. The molecule has 1 aromatic carbocycles. The van der Waals surface area contributed by atoms with E-state index >= 15 is 0 Å². The molecule has 0 spiro atoms. The minimum Gasteiger partial charge on any atom is -0.326 e. The Bertz CT molecular complexity index is 203. The molecule has 0 aliphatic heterocycles. The maximum atomic E-state index is 5.46. The Morgan fingerprint density at radius 3 is 2.18 bits per heavy atom. The van der Waals surface area contributed by atoms with Crippen LogP contribution in [-0.2, 0) is 13.1 Å². The highest BCUT2D eigenvalue weighted by atomic mass is 14.8. The number of hydrogen-bond acceptors (Lipinski definition) is 2. The van der Waals surface area contributed by atoms with Gasteiger partial charge in [-0.1, -0.05) is 24.3 Å². The average Bonchev–Trinajstić information content (AvgIpc) is 2.07. The molecule has 1 aromatic rings. The Hall–Kier alpha value is -0.860. The largest absolute Gasteiger partial charge is 0.326 e. The molecule has 0 bridgehead atoms. The van der Waals surface area contributed by atoms with Crippen molar-refractivity contribution in [2.24, 2.45) is 5.73 Å². The lowest BCUT2D eigenvalue weighted by atomic mass is 10.1. The zero-order valence-electron chi connectivity index (χ0n) is 6.80. The summed E-state index contributed by atoms with van der Waals surface area (Å²) in [4.78, 5) is 0. The Morgan fingerprint density at radius 1 is 1.18 bits per heavy atom. The van der Waals surface area contributed by atoms with Gasteiger partial charge in [-0.2, -0.15) is 0 Å². The molecule has 3 N–H and O–H groups in total. The predicted octanol–water partition coefficient (Wildman–Crippen LogP) is 0.865. The van der Waals surface area contributed by atoms with Gasteiger partial charge in [0, 0.05) is 13.1 Å². The van der Waals surface area contributed by atoms with E-state index in [-0.39, 0.29) is 0 Å². The van der Waals surface area contributed by atoms with Gasteiger partial charge in [0.1, 0.15) is 0 Å². The monoisotopic (exact) mass is 150 g/mol. The van der Waals surface area contributed by atoms with Crippen molar-refractivity contribution < 1.29 is 0 Å². The van der Waals surface area contributed by atoms with Crippen LogP contribution in [0, 0.1) is 0 Å². The summed E-state index contributed by atoms with van der Waals surface area (Å²) < 4.78 is 0. The molecule has 0 heterocycles. The fourth-order valence-corrected chi connectivity index (χ4v) is 0.997. The predicted molar refractivity (Wildman–Crippen MR) is 47.1 cm³/mol. The van der Waals surface area contributed by atoms with E-state index in [1.807, 2.05) is 7.05 Å². The molecular weight excluding hydrogens is 136 g/mol. The van der Waals surface area contributed by atoms with Gasteiger partial charge >= 0.3 is 0 Å². The van der Waals surface area contributed by atoms with E-state index in [0.717, 1.165) is 6.54 Å². The quantitative estimate of drug-likeness (QED) is 0.670. The van der Waals surface area contributed by atoms with Crippen LogP contribution in [0.15, 0.2) is 24.3 Å². The van der Waals surface area contributed by atoms with E-state index in [2.05, 4.69) is 29.6 Å². The zero-order valence-corrected chi connectivity index (χ0v) is 6.80. The Kier molecular flexibility index (Phi) is 3.08. The second-order valence-electron chi connectivity index (χ2n) is 2.55. The summed E-state index contributed by atoms with van der Waals surface area (Å²) in [6, 6.07) is 8.32. The van der Waals surface area contributed by atoms with Crippen LogP contribution < -0.4 is 11.1 Å². The Balaban J connectivity index is 2.66. The smallest absolute Gasteiger partial charge is 0.0202 e. The molecule has 0 aliphatic rings. The van der Waals surface area contributed by atoms with Crippen LogP contribution in [0.25, 0.3) is 0 Å². The van der Waals surface area contributed by atoms with E-state index in [4.69, 9.17) is 5.73 Å². The highest BCUT2D eigenvalue weighted by Gasteiger charge is 1.90. The molecule has 0 radical (unpaired) electrons. The normalized spacial score (nSPS) is 10.0. The topological polar surface area (TPSA) is 38.0 Å². The third kappa shape index (κ3) is 2.33. The lowest BCUT2D eigenvalue weighted by molar-refractivity contribution is 0.817. The molecule has 60 valence electrons. The Labute approximate surface area is 67.4 Å². The summed E-state index contributed by atoms with van der Waals surface area (Å²) in [6.45, 7) is 1.55. The first-order chi connectivity index (χ1) is 5.36. The third-order valence-corrected chi connectivity index (χ3v) is 1.64. The van der Waals surface area contributed by atoms with Gasteiger partial charge in [0.25, 0.3) is 0 Å². The van der Waals surface area contributed by atoms with Crippen LogP contribution in [0.3, 0.4) is 0 Å². The van der Waals surface area contributed by atoms with E-state index in [9.17, 15) is 0 Å². The molecular formula is C9H14N2. The summed E-state index contributed by atoms with van der Waals surface area (Å²) >= 11 is 0. The van der Waals surface area contributed by atoms with E-state index in [1.54, 1.807) is 0 Å². The van der Waals surface area contributed by atoms with Crippen LogP contribution >= 0.6 is 0 Å². The summed E-state index contributed by atoms with van der Waals surface area (Å²) in [7, 11) is 1.94. The van der Waals surface area contributed by atoms with Gasteiger partial charge in [-0.15, -0.1) is 0 Å². The molecule has 0 amide bonds. The van der Waals surface area contributed by atoms with E-state index < -0.39 is 0 Å². The first-order valence-corrected chi connectivity index (χ1v) is 3.79. The van der Waals surface area contributed by atoms with Crippen molar-refractivity contribution in [3.63, 3.8) is 0 Å². The highest BCUT2D eigenvalue weighted by Crippen LogP contribution is 2.02. The van der Waals surface area contributed by atoms with Crippen molar-refractivity contribution in [1.82, 2.24) is 5.32 Å². The second kappa shape index (κ2) is 4.11. The summed E-state index contributed by atoms with van der Waals surface area (Å²) in [5.41, 5.74) is 7.94. The van der Waals surface area contributed by atoms with Gasteiger partial charge in [-0.3, -0.25) is 0 Å². The van der Waals surface area contributed by atoms with Crippen molar-refractivity contribution in [1.29, 1.82) is 0 Å². The molecule has 0 fully saturated rings. The molecule has 0 aliphatic carbocycles. The summed E-state index contributed by atoms with van der Waals surface area (Å²) in [5.74, 6) is 0. The second-order valence-corrected chi connectivity index (χ2v) is 2.55. The fourth-order valence-electron chi connectivity index (χ4n) is 0.997. The molecule has 2 heteroatoms. The molecule has 0 saturated carbocycles. The van der Waals surface area contributed by atoms with Gasteiger partial charge in [-0.25, -0.2) is 0 Å². The van der Waals surface area contributed by atoms with Crippen LogP contribution in [0.5, 0.6) is 0 Å². The maximum absolute atomic E-state index is 5.46. The standard InChI is InChI=1S/C9H14N2/c1-11-7-9-4-2-8(6-10)3-5-9/h2-5,11H,6-7,10H2,1H3. The first kappa shape index (κ1) is 8.24. The van der Waals surface area contributed by atoms with E-state index in [1.165, 1.54) is 11.1 Å². The minimum absolute atomic E-state index is 0.625. The number of benzene rings is 1. The average molecular weight is 150 g/mol. The van der Waals surface area contributed by atoms with E-state index in [0.29, 0.717) is 6.54 Å². The number of nitrogens with one attached hydrogen (secondary N) is 1. The summed E-state index contributed by atoms with van der Waals surface area (Å²) in [6.07, 6.45) is 0. The summed E-state index contributed by atoms with van der Waals surface area (Å²) in [5, 5.41) is 3.09.